The molecule has 0 amide bonds. The fourth-order valence-corrected chi connectivity index (χ4v) is 1.84. The van der Waals surface area contributed by atoms with Crippen molar-refractivity contribution in [1.29, 1.82) is 0 Å². The third-order valence-electron chi connectivity index (χ3n) is 2.24. The molecule has 90 valence electrons. The van der Waals surface area contributed by atoms with Gasteiger partial charge >= 0.3 is 11.7 Å². The third kappa shape index (κ3) is 2.10. The molecule has 0 aliphatic rings. The van der Waals surface area contributed by atoms with Crippen LogP contribution in [0.5, 0.6) is 6.01 Å². The van der Waals surface area contributed by atoms with Gasteiger partial charge in [-0.3, -0.25) is 0 Å². The molecule has 0 radical (unpaired) electrons. The van der Waals surface area contributed by atoms with E-state index in [1.165, 1.54) is 16.4 Å². The van der Waals surface area contributed by atoms with Gasteiger partial charge in [-0.2, -0.15) is 0 Å². The highest BCUT2D eigenvalue weighted by molar-refractivity contribution is 9.10. The normalized spacial score (nSPS) is 10.6. The van der Waals surface area contributed by atoms with Crippen LogP contribution in [0.2, 0.25) is 5.02 Å². The summed E-state index contributed by atoms with van der Waals surface area (Å²) in [6.07, 6.45) is 0. The Kier molecular flexibility index (Phi) is 3.26. The molecule has 0 saturated carbocycles. The Bertz CT molecular complexity index is 620. The number of methoxy groups -OCH3 is 1. The van der Waals surface area contributed by atoms with Crippen LogP contribution in [0.25, 0.3) is 5.69 Å². The molecule has 1 aromatic heterocycles. The van der Waals surface area contributed by atoms with Gasteiger partial charge in [0.2, 0.25) is 0 Å². The van der Waals surface area contributed by atoms with Crippen molar-refractivity contribution in [2.75, 3.05) is 7.11 Å². The van der Waals surface area contributed by atoms with Gasteiger partial charge < -0.3 is 4.74 Å². The summed E-state index contributed by atoms with van der Waals surface area (Å²) >= 11 is 9.28. The minimum absolute atomic E-state index is 0.218. The molecule has 0 unspecified atom stereocenters. The summed E-state index contributed by atoms with van der Waals surface area (Å²) < 4.78 is 8.36. The van der Waals surface area contributed by atoms with Crippen LogP contribution < -0.4 is 10.4 Å². The number of nitrogens with zero attached hydrogens (tertiary/aromatic N) is 3. The maximum absolute atomic E-state index is 11.9. The molecule has 0 saturated heterocycles. The quantitative estimate of drug-likeness (QED) is 0.851. The van der Waals surface area contributed by atoms with Crippen LogP contribution in [0.3, 0.4) is 0 Å². The molecule has 0 aliphatic heterocycles. The summed E-state index contributed by atoms with van der Waals surface area (Å²) in [5, 5.41) is 4.46. The fraction of sp³-hybridized carbons (Fsp3) is 0.200. The number of benzene rings is 1. The lowest BCUT2D eigenvalue weighted by Crippen LogP contribution is -2.21. The van der Waals surface area contributed by atoms with E-state index in [-0.39, 0.29) is 11.7 Å². The van der Waals surface area contributed by atoms with Crippen LogP contribution in [-0.4, -0.2) is 21.5 Å². The Balaban J connectivity index is 2.67. The van der Waals surface area contributed by atoms with Gasteiger partial charge in [0.25, 0.3) is 0 Å². The van der Waals surface area contributed by atoms with E-state index >= 15 is 0 Å². The number of aryl methyl sites for hydroxylation is 1. The Morgan fingerprint density at radius 1 is 1.47 bits per heavy atom. The highest BCUT2D eigenvalue weighted by Gasteiger charge is 2.14. The zero-order valence-corrected chi connectivity index (χ0v) is 11.5. The monoisotopic (exact) mass is 317 g/mol. The van der Waals surface area contributed by atoms with Gasteiger partial charge in [0.15, 0.2) is 0 Å². The summed E-state index contributed by atoms with van der Waals surface area (Å²) in [5.41, 5.74) is 0.313. The molecule has 0 atom stereocenters. The first-order chi connectivity index (χ1) is 8.04. The lowest BCUT2D eigenvalue weighted by atomic mass is 10.3. The largest absolute Gasteiger partial charge is 0.467 e. The minimum Gasteiger partial charge on any atom is -0.467 e. The zero-order valence-electron chi connectivity index (χ0n) is 9.15. The molecule has 0 bridgehead atoms. The van der Waals surface area contributed by atoms with Crippen molar-refractivity contribution in [2.45, 2.75) is 0 Å². The average molecular weight is 319 g/mol. The summed E-state index contributed by atoms with van der Waals surface area (Å²) in [7, 11) is 3.01. The van der Waals surface area contributed by atoms with Crippen LogP contribution >= 0.6 is 27.5 Å². The van der Waals surface area contributed by atoms with Crippen molar-refractivity contribution in [3.05, 3.63) is 38.2 Å². The van der Waals surface area contributed by atoms with E-state index in [2.05, 4.69) is 21.0 Å². The van der Waals surface area contributed by atoms with Gasteiger partial charge in [0, 0.05) is 11.5 Å². The molecule has 2 rings (SSSR count). The fourth-order valence-electron chi connectivity index (χ4n) is 1.42. The lowest BCUT2D eigenvalue weighted by molar-refractivity contribution is 0.368. The molecule has 2 aromatic rings. The third-order valence-corrected chi connectivity index (χ3v) is 3.47. The van der Waals surface area contributed by atoms with Crippen molar-refractivity contribution in [3.63, 3.8) is 0 Å². The van der Waals surface area contributed by atoms with Crippen LogP contribution in [0.4, 0.5) is 0 Å². The van der Waals surface area contributed by atoms with Gasteiger partial charge in [0.1, 0.15) is 0 Å². The average Bonchev–Trinajstić information content (AvgIpc) is 2.59. The molecule has 1 heterocycles. The second-order valence-electron chi connectivity index (χ2n) is 3.33. The predicted octanol–water partition coefficient (Wildman–Crippen LogP) is 2.00. The number of rotatable bonds is 2. The molecule has 0 fully saturated rings. The predicted molar refractivity (Wildman–Crippen MR) is 68.1 cm³/mol. The molecule has 17 heavy (non-hydrogen) atoms. The molecule has 0 aliphatic carbocycles. The first kappa shape index (κ1) is 12.2. The van der Waals surface area contributed by atoms with Crippen molar-refractivity contribution in [2.24, 2.45) is 7.05 Å². The standard InChI is InChI=1S/C10H9BrClN3O2/c1-14-10(16)15(9(13-14)17-2)6-3-4-7(11)8(12)5-6/h3-5H,1-2H3. The zero-order chi connectivity index (χ0) is 12.6. The maximum atomic E-state index is 11.9. The first-order valence-electron chi connectivity index (χ1n) is 4.70. The Morgan fingerprint density at radius 2 is 2.18 bits per heavy atom. The van der Waals surface area contributed by atoms with Gasteiger partial charge in [-0.15, -0.1) is 5.10 Å². The van der Waals surface area contributed by atoms with E-state index in [9.17, 15) is 4.79 Å². The molecule has 5 nitrogen and oxygen atoms in total. The van der Waals surface area contributed by atoms with E-state index in [4.69, 9.17) is 16.3 Å². The first-order valence-corrected chi connectivity index (χ1v) is 5.87. The smallest absolute Gasteiger partial charge is 0.353 e. The molecular formula is C10H9BrClN3O2. The van der Waals surface area contributed by atoms with Crippen LogP contribution in [-0.2, 0) is 7.05 Å². The lowest BCUT2D eigenvalue weighted by Gasteiger charge is -2.05. The summed E-state index contributed by atoms with van der Waals surface area (Å²) in [5.74, 6) is 0. The second kappa shape index (κ2) is 4.54. The van der Waals surface area contributed by atoms with Crippen molar-refractivity contribution in [1.82, 2.24) is 14.3 Å². The van der Waals surface area contributed by atoms with Crippen LogP contribution in [0.1, 0.15) is 0 Å². The molecule has 1 aromatic carbocycles. The summed E-state index contributed by atoms with van der Waals surface area (Å²) in [6.45, 7) is 0. The number of ether oxygens (including phenoxy) is 1. The molecule has 0 N–H and O–H groups in total. The van der Waals surface area contributed by atoms with Crippen LogP contribution in [0, 0.1) is 0 Å². The van der Waals surface area contributed by atoms with Gasteiger partial charge in [-0.1, -0.05) is 11.6 Å². The molecule has 0 spiro atoms. The minimum atomic E-state index is -0.291. The summed E-state index contributed by atoms with van der Waals surface area (Å²) in [4.78, 5) is 11.9. The number of hydrogen-bond donors (Lipinski definition) is 0. The van der Waals surface area contributed by atoms with Crippen molar-refractivity contribution >= 4 is 27.5 Å². The van der Waals surface area contributed by atoms with E-state index in [0.717, 1.165) is 4.47 Å². The highest BCUT2D eigenvalue weighted by Crippen LogP contribution is 2.25. The second-order valence-corrected chi connectivity index (χ2v) is 4.59. The van der Waals surface area contributed by atoms with E-state index < -0.39 is 0 Å². The highest BCUT2D eigenvalue weighted by atomic mass is 79.9. The SMILES string of the molecule is COc1nn(C)c(=O)n1-c1ccc(Br)c(Cl)c1. The number of halogens is 2. The van der Waals surface area contributed by atoms with Crippen LogP contribution in [0.15, 0.2) is 27.5 Å². The number of aromatic nitrogens is 3. The van der Waals surface area contributed by atoms with Gasteiger partial charge in [-0.05, 0) is 34.1 Å². The Hall–Kier alpha value is -1.27. The summed E-state index contributed by atoms with van der Waals surface area (Å²) in [6, 6.07) is 5.39. The van der Waals surface area contributed by atoms with E-state index in [1.807, 2.05) is 0 Å². The van der Waals surface area contributed by atoms with E-state index in [1.54, 1.807) is 25.2 Å². The van der Waals surface area contributed by atoms with Crippen molar-refractivity contribution in [3.8, 4) is 11.7 Å². The maximum Gasteiger partial charge on any atom is 0.353 e. The van der Waals surface area contributed by atoms with E-state index in [0.29, 0.717) is 10.7 Å². The number of hydrogen-bond acceptors (Lipinski definition) is 3. The van der Waals surface area contributed by atoms with Crippen molar-refractivity contribution < 1.29 is 4.74 Å². The molecular weight excluding hydrogens is 309 g/mol. The Labute approximate surface area is 111 Å². The Morgan fingerprint density at radius 3 is 2.76 bits per heavy atom. The molecule has 7 heteroatoms. The van der Waals surface area contributed by atoms with Gasteiger partial charge in [-0.25, -0.2) is 14.0 Å². The topological polar surface area (TPSA) is 49.1 Å². The van der Waals surface area contributed by atoms with Gasteiger partial charge in [0.05, 0.1) is 17.8 Å².